The van der Waals surface area contributed by atoms with Gasteiger partial charge in [-0.05, 0) is 48.5 Å². The van der Waals surface area contributed by atoms with Gasteiger partial charge in [0.15, 0.2) is 0 Å². The Morgan fingerprint density at radius 3 is 1.69 bits per heavy atom. The number of hydrogen-bond donors (Lipinski definition) is 10. The van der Waals surface area contributed by atoms with E-state index in [-0.39, 0.29) is 17.3 Å². The highest BCUT2D eigenvalue weighted by atomic mass is 16.5. The zero-order valence-corrected chi connectivity index (χ0v) is 21.5. The van der Waals surface area contributed by atoms with E-state index in [1.807, 2.05) is 9.97 Å². The third kappa shape index (κ3) is 5.11. The van der Waals surface area contributed by atoms with Crippen LogP contribution in [0.4, 0.5) is 23.0 Å². The van der Waals surface area contributed by atoms with Crippen molar-refractivity contribution < 1.29 is 30.3 Å². The van der Waals surface area contributed by atoms with Gasteiger partial charge in [0, 0.05) is 11.4 Å². The molecule has 4 atom stereocenters. The molecule has 0 saturated carbocycles. The molecule has 5 rings (SSSR count). The number of benzene rings is 2. The summed E-state index contributed by atoms with van der Waals surface area (Å²) < 4.78 is 5.79. The Balaban J connectivity index is 1.67. The van der Waals surface area contributed by atoms with Crippen LogP contribution in [-0.2, 0) is 0 Å². The Hall–Kier alpha value is -5.00. The van der Waals surface area contributed by atoms with Gasteiger partial charge in [0.05, 0.1) is 29.8 Å². The summed E-state index contributed by atoms with van der Waals surface area (Å²) in [5, 5.41) is 51.0. The smallest absolute Gasteiger partial charge is 0.327 e. The van der Waals surface area contributed by atoms with E-state index in [9.17, 15) is 44.7 Å². The molecule has 0 fully saturated rings. The molecule has 0 unspecified atom stereocenters. The molecule has 0 bridgehead atoms. The van der Waals surface area contributed by atoms with Crippen molar-refractivity contribution in [2.45, 2.75) is 30.3 Å². The van der Waals surface area contributed by atoms with Gasteiger partial charge in [-0.2, -0.15) is 0 Å². The molecule has 0 aliphatic carbocycles. The van der Waals surface area contributed by atoms with E-state index in [4.69, 9.17) is 10.5 Å². The van der Waals surface area contributed by atoms with Gasteiger partial charge in [-0.25, -0.2) is 9.59 Å². The van der Waals surface area contributed by atoms with Crippen LogP contribution in [0.5, 0.6) is 11.5 Å². The molecular formula is C26H26N6O10. The van der Waals surface area contributed by atoms with Crippen LogP contribution >= 0.6 is 0 Å². The Bertz CT molecular complexity index is 1750. The number of fused-ring (bicyclic) bond motifs is 2. The van der Waals surface area contributed by atoms with E-state index in [1.54, 1.807) is 36.4 Å². The number of aliphatic hydroxyl groups excluding tert-OH is 5. The number of nitrogens with zero attached hydrogens (tertiary/aromatic N) is 1. The lowest BCUT2D eigenvalue weighted by Gasteiger charge is -2.38. The molecule has 2 aromatic carbocycles. The van der Waals surface area contributed by atoms with E-state index < -0.39 is 70.6 Å². The number of aromatic nitrogens is 4. The van der Waals surface area contributed by atoms with Crippen LogP contribution in [0.1, 0.15) is 17.0 Å². The van der Waals surface area contributed by atoms with Gasteiger partial charge < -0.3 is 36.0 Å². The first-order valence-electron chi connectivity index (χ1n) is 12.5. The highest BCUT2D eigenvalue weighted by Crippen LogP contribution is 2.46. The maximum absolute atomic E-state index is 13.2. The summed E-state index contributed by atoms with van der Waals surface area (Å²) in [4.78, 5) is 61.2. The van der Waals surface area contributed by atoms with Gasteiger partial charge in [0.25, 0.3) is 11.1 Å². The molecular weight excluding hydrogens is 556 g/mol. The average molecular weight is 583 g/mol. The fraction of sp³-hybridized carbons (Fsp3) is 0.231. The molecule has 0 amide bonds. The van der Waals surface area contributed by atoms with Crippen LogP contribution in [0.3, 0.4) is 0 Å². The first-order chi connectivity index (χ1) is 20.0. The second-order valence-corrected chi connectivity index (χ2v) is 9.54. The van der Waals surface area contributed by atoms with Crippen LogP contribution in [0.15, 0.2) is 67.7 Å². The maximum atomic E-state index is 13.2. The number of aliphatic hydroxyl groups is 5. The lowest BCUT2D eigenvalue weighted by Crippen LogP contribution is -2.51. The summed E-state index contributed by atoms with van der Waals surface area (Å²) in [6.45, 7) is -0.976. The highest BCUT2D eigenvalue weighted by Gasteiger charge is 2.45. The molecule has 220 valence electrons. The lowest BCUT2D eigenvalue weighted by atomic mass is 9.81. The quantitative estimate of drug-likeness (QED) is 0.103. The SMILES string of the molecule is Nc1ccc(Oc2ccc(N3c4[nH]c(=O)[nH]c(=O)c4C([C@H](O)[C@@H](O)[C@@H](O)[C@H](O)CO)c4c3[nH]c(=O)[nH]c4=O)cc2)cc1. The summed E-state index contributed by atoms with van der Waals surface area (Å²) in [5.74, 6) is -1.40. The van der Waals surface area contributed by atoms with Crippen molar-refractivity contribution in [1.82, 2.24) is 19.9 Å². The number of hydrogen-bond acceptors (Lipinski definition) is 12. The molecule has 4 aromatic rings. The second-order valence-electron chi connectivity index (χ2n) is 9.54. The van der Waals surface area contributed by atoms with Gasteiger partial charge in [-0.15, -0.1) is 0 Å². The van der Waals surface area contributed by atoms with Gasteiger partial charge in [-0.3, -0.25) is 34.4 Å². The molecule has 16 heteroatoms. The predicted octanol–water partition coefficient (Wildman–Crippen LogP) is -1.83. The fourth-order valence-corrected chi connectivity index (χ4v) is 4.82. The van der Waals surface area contributed by atoms with Crippen molar-refractivity contribution in [3.63, 3.8) is 0 Å². The minimum Gasteiger partial charge on any atom is -0.457 e. The number of nitrogen functional groups attached to an aromatic ring is 1. The maximum Gasteiger partial charge on any atom is 0.327 e. The Morgan fingerprint density at radius 1 is 0.738 bits per heavy atom. The standard InChI is InChI=1S/C26H26N6O10/c27-10-1-5-12(6-2-10)42-13-7-3-11(4-8-13)32-21-16(23(38)30-25(40)28-21)15(17-22(32)29-26(41)31-24(17)39)19(36)20(37)18(35)14(34)9-33/h1-8,14-15,18-20,33-37H,9,27H2,(H2,28,30,38,40)(H2,29,31,39,41)/t14-,18+,19+,20+/m1/s1. The van der Waals surface area contributed by atoms with Gasteiger partial charge in [0.1, 0.15) is 41.4 Å². The zero-order chi connectivity index (χ0) is 30.3. The molecule has 16 nitrogen and oxygen atoms in total. The van der Waals surface area contributed by atoms with Gasteiger partial charge in [-0.1, -0.05) is 0 Å². The number of H-pyrrole nitrogens is 4. The van der Waals surface area contributed by atoms with Crippen molar-refractivity contribution >= 4 is 23.0 Å². The largest absolute Gasteiger partial charge is 0.457 e. The molecule has 1 aliphatic heterocycles. The fourth-order valence-electron chi connectivity index (χ4n) is 4.82. The molecule has 0 saturated heterocycles. The van der Waals surface area contributed by atoms with Gasteiger partial charge in [0.2, 0.25) is 0 Å². The number of rotatable bonds is 8. The molecule has 0 radical (unpaired) electrons. The summed E-state index contributed by atoms with van der Waals surface area (Å²) in [6.07, 6.45) is -8.35. The Kier molecular flexibility index (Phi) is 7.55. The molecule has 11 N–H and O–H groups in total. The minimum absolute atomic E-state index is 0.230. The third-order valence-electron chi connectivity index (χ3n) is 6.82. The normalized spacial score (nSPS) is 15.8. The van der Waals surface area contributed by atoms with Crippen LogP contribution in [0.2, 0.25) is 0 Å². The second kappa shape index (κ2) is 11.1. The monoisotopic (exact) mass is 582 g/mol. The number of anilines is 4. The first kappa shape index (κ1) is 28.5. The number of ether oxygens (including phenoxy) is 1. The molecule has 3 heterocycles. The van der Waals surface area contributed by atoms with E-state index >= 15 is 0 Å². The van der Waals surface area contributed by atoms with Gasteiger partial charge >= 0.3 is 11.4 Å². The third-order valence-corrected chi connectivity index (χ3v) is 6.82. The lowest BCUT2D eigenvalue weighted by molar-refractivity contribution is -0.118. The zero-order valence-electron chi connectivity index (χ0n) is 21.5. The summed E-state index contributed by atoms with van der Waals surface area (Å²) in [6, 6.07) is 12.7. The molecule has 1 aliphatic rings. The highest BCUT2D eigenvalue weighted by molar-refractivity contribution is 5.80. The average Bonchev–Trinajstić information content (AvgIpc) is 2.96. The van der Waals surface area contributed by atoms with Crippen molar-refractivity contribution in [2.75, 3.05) is 17.2 Å². The van der Waals surface area contributed by atoms with Crippen molar-refractivity contribution in [3.05, 3.63) is 101 Å². The van der Waals surface area contributed by atoms with Crippen molar-refractivity contribution in [3.8, 4) is 11.5 Å². The van der Waals surface area contributed by atoms with Crippen LogP contribution in [0, 0.1) is 0 Å². The number of nitrogens with one attached hydrogen (secondary N) is 4. The van der Waals surface area contributed by atoms with Crippen LogP contribution < -0.4 is 37.9 Å². The van der Waals surface area contributed by atoms with Crippen molar-refractivity contribution in [1.29, 1.82) is 0 Å². The molecule has 42 heavy (non-hydrogen) atoms. The van der Waals surface area contributed by atoms with E-state index in [1.165, 1.54) is 17.0 Å². The van der Waals surface area contributed by atoms with Crippen LogP contribution in [-0.4, -0.2) is 76.5 Å². The van der Waals surface area contributed by atoms with E-state index in [0.29, 0.717) is 17.2 Å². The predicted molar refractivity (Wildman–Crippen MR) is 147 cm³/mol. The number of nitrogens with two attached hydrogens (primary N) is 1. The first-order valence-corrected chi connectivity index (χ1v) is 12.5. The Morgan fingerprint density at radius 2 is 1.21 bits per heavy atom. The minimum atomic E-state index is -2.20. The Labute approximate surface area is 233 Å². The summed E-state index contributed by atoms with van der Waals surface area (Å²) in [7, 11) is 0. The molecule has 2 aromatic heterocycles. The summed E-state index contributed by atoms with van der Waals surface area (Å²) in [5.41, 5.74) is 1.64. The molecule has 0 spiro atoms. The summed E-state index contributed by atoms with van der Waals surface area (Å²) >= 11 is 0. The topological polar surface area (TPSA) is 271 Å². The van der Waals surface area contributed by atoms with Crippen LogP contribution in [0.25, 0.3) is 0 Å². The number of aromatic amines is 4. The van der Waals surface area contributed by atoms with E-state index in [0.717, 1.165) is 0 Å². The van der Waals surface area contributed by atoms with E-state index in [2.05, 4.69) is 9.97 Å². The van der Waals surface area contributed by atoms with Crippen molar-refractivity contribution in [2.24, 2.45) is 0 Å².